The van der Waals surface area contributed by atoms with E-state index in [-0.39, 0.29) is 35.3 Å². The second-order valence-corrected chi connectivity index (χ2v) is 1.61. The third kappa shape index (κ3) is 2.18. The van der Waals surface area contributed by atoms with Crippen LogP contribution in [0.3, 0.4) is 0 Å². The van der Waals surface area contributed by atoms with Crippen LogP contribution in [0.15, 0.2) is 4.79 Å². The predicted molar refractivity (Wildman–Crippen MR) is 38.4 cm³/mol. The van der Waals surface area contributed by atoms with Crippen molar-refractivity contribution in [1.82, 2.24) is 20.7 Å². The Labute approximate surface area is 84.0 Å². The van der Waals surface area contributed by atoms with Crippen molar-refractivity contribution in [2.24, 2.45) is 0 Å². The van der Waals surface area contributed by atoms with E-state index in [9.17, 15) is 9.59 Å². The van der Waals surface area contributed by atoms with E-state index in [2.05, 4.69) is 20.7 Å². The molecular weight excluding hydrogens is 159 g/mol. The van der Waals surface area contributed by atoms with Crippen molar-refractivity contribution in [2.45, 2.75) is 0 Å². The molecule has 3 N–H and O–H groups in total. The minimum absolute atomic E-state index is 0. The van der Waals surface area contributed by atoms with Gasteiger partial charge in [-0.3, -0.25) is 9.59 Å². The van der Waals surface area contributed by atoms with Gasteiger partial charge in [0.05, 0.1) is 0 Å². The third-order valence-electron chi connectivity index (χ3n) is 0.994. The van der Waals surface area contributed by atoms with Crippen molar-refractivity contribution >= 4 is 35.5 Å². The maximum Gasteiger partial charge on any atom is 0.297 e. The number of aromatic amines is 2. The molecule has 1 radical (unpaired) electrons. The van der Waals surface area contributed by atoms with Crippen molar-refractivity contribution in [3.05, 3.63) is 16.0 Å². The zero-order chi connectivity index (χ0) is 7.56. The summed E-state index contributed by atoms with van der Waals surface area (Å²) in [5, 5.41) is 9.94. The number of carbonyl (C=O) groups excluding carboxylic acids is 1. The van der Waals surface area contributed by atoms with Crippen LogP contribution in [0.25, 0.3) is 0 Å². The van der Waals surface area contributed by atoms with Crippen LogP contribution in [0.2, 0.25) is 0 Å². The number of H-pyrrole nitrogens is 2. The van der Waals surface area contributed by atoms with Gasteiger partial charge in [-0.25, -0.2) is 10.3 Å². The summed E-state index contributed by atoms with van der Waals surface area (Å²) < 4.78 is 0. The van der Waals surface area contributed by atoms with E-state index >= 15 is 0 Å². The average molecular weight is 165 g/mol. The Morgan fingerprint density at radius 2 is 2.27 bits per heavy atom. The molecule has 6 nitrogen and oxygen atoms in total. The quantitative estimate of drug-likeness (QED) is 0.423. The standard InChI is InChI=1S/C4H6N4O2.Na/c1-5-3(9)2-4(10)7-8-6-2;/h1H3,(H,5,9)(H2,6,7,8,10);. The molecule has 0 bridgehead atoms. The van der Waals surface area contributed by atoms with Crippen LogP contribution in [0.4, 0.5) is 0 Å². The van der Waals surface area contributed by atoms with E-state index in [4.69, 9.17) is 0 Å². The van der Waals surface area contributed by atoms with Gasteiger partial charge in [0.25, 0.3) is 11.5 Å². The first-order chi connectivity index (χ1) is 4.75. The maximum absolute atomic E-state index is 10.7. The fourth-order valence-corrected chi connectivity index (χ4v) is 0.517. The number of nitrogens with one attached hydrogen (secondary N) is 3. The summed E-state index contributed by atoms with van der Waals surface area (Å²) in [6.45, 7) is 0. The molecule has 0 spiro atoms. The van der Waals surface area contributed by atoms with E-state index in [0.717, 1.165) is 0 Å². The number of rotatable bonds is 1. The molecule has 0 saturated heterocycles. The summed E-state index contributed by atoms with van der Waals surface area (Å²) in [5.74, 6) is -0.498. The van der Waals surface area contributed by atoms with E-state index < -0.39 is 11.5 Å². The van der Waals surface area contributed by atoms with Crippen LogP contribution in [0.1, 0.15) is 10.5 Å². The number of hydrogen-bond donors (Lipinski definition) is 3. The Hall–Kier alpha value is -0.590. The van der Waals surface area contributed by atoms with Crippen molar-refractivity contribution in [1.29, 1.82) is 0 Å². The summed E-state index contributed by atoms with van der Waals surface area (Å²) in [6.07, 6.45) is 0. The van der Waals surface area contributed by atoms with Crippen molar-refractivity contribution in [3.8, 4) is 0 Å². The van der Waals surface area contributed by atoms with E-state index in [1.54, 1.807) is 0 Å². The molecule has 0 aromatic carbocycles. The smallest absolute Gasteiger partial charge is 0.297 e. The molecule has 0 aliphatic rings. The first kappa shape index (κ1) is 10.4. The van der Waals surface area contributed by atoms with Crippen molar-refractivity contribution in [3.63, 3.8) is 0 Å². The molecule has 7 heteroatoms. The first-order valence-corrected chi connectivity index (χ1v) is 2.61. The zero-order valence-corrected chi connectivity index (χ0v) is 8.26. The SMILES string of the molecule is CNC(=O)c1n[nH][nH]c1=O.[Na]. The van der Waals surface area contributed by atoms with Crippen molar-refractivity contribution < 1.29 is 4.79 Å². The fourth-order valence-electron chi connectivity index (χ4n) is 0.517. The summed E-state index contributed by atoms with van der Waals surface area (Å²) in [4.78, 5) is 21.3. The van der Waals surface area contributed by atoms with Crippen LogP contribution in [-0.4, -0.2) is 57.9 Å². The molecule has 1 amide bonds. The summed E-state index contributed by atoms with van der Waals surface area (Å²) in [7, 11) is 1.43. The van der Waals surface area contributed by atoms with Gasteiger partial charge >= 0.3 is 0 Å². The van der Waals surface area contributed by atoms with Crippen LogP contribution in [0, 0.1) is 0 Å². The molecule has 0 aliphatic heterocycles. The van der Waals surface area contributed by atoms with Gasteiger partial charge in [-0.05, 0) is 0 Å². The number of amides is 1. The molecule has 0 unspecified atom stereocenters. The topological polar surface area (TPSA) is 90.6 Å². The van der Waals surface area contributed by atoms with Crippen LogP contribution in [-0.2, 0) is 0 Å². The van der Waals surface area contributed by atoms with Crippen LogP contribution < -0.4 is 10.9 Å². The Morgan fingerprint density at radius 3 is 2.64 bits per heavy atom. The molecule has 55 valence electrons. The van der Waals surface area contributed by atoms with Gasteiger partial charge in [-0.15, -0.1) is 5.10 Å². The normalized spacial score (nSPS) is 8.45. The minimum atomic E-state index is -0.514. The van der Waals surface area contributed by atoms with Gasteiger partial charge in [0.15, 0.2) is 0 Å². The van der Waals surface area contributed by atoms with E-state index in [1.807, 2.05) is 0 Å². The van der Waals surface area contributed by atoms with Gasteiger partial charge in [0, 0.05) is 36.6 Å². The first-order valence-electron chi connectivity index (χ1n) is 2.61. The van der Waals surface area contributed by atoms with Gasteiger partial charge in [0.1, 0.15) is 0 Å². The monoisotopic (exact) mass is 165 g/mol. The summed E-state index contributed by atoms with van der Waals surface area (Å²) in [5.41, 5.74) is -0.665. The number of hydrogen-bond acceptors (Lipinski definition) is 3. The van der Waals surface area contributed by atoms with Crippen LogP contribution >= 0.6 is 0 Å². The van der Waals surface area contributed by atoms with E-state index in [1.165, 1.54) is 7.05 Å². The average Bonchev–Trinajstić information content (AvgIpc) is 2.34. The molecule has 1 aromatic rings. The minimum Gasteiger partial charge on any atom is -0.354 e. The van der Waals surface area contributed by atoms with Gasteiger partial charge < -0.3 is 5.32 Å². The zero-order valence-electron chi connectivity index (χ0n) is 6.26. The van der Waals surface area contributed by atoms with Gasteiger partial charge in [-0.2, -0.15) is 0 Å². The molecule has 1 heterocycles. The van der Waals surface area contributed by atoms with Gasteiger partial charge in [0.2, 0.25) is 5.69 Å². The Balaban J connectivity index is 0.000001000. The second kappa shape index (κ2) is 4.32. The van der Waals surface area contributed by atoms with E-state index in [0.29, 0.717) is 0 Å². The second-order valence-electron chi connectivity index (χ2n) is 1.61. The summed E-state index contributed by atoms with van der Waals surface area (Å²) in [6, 6.07) is 0. The van der Waals surface area contributed by atoms with Crippen LogP contribution in [0.5, 0.6) is 0 Å². The van der Waals surface area contributed by atoms with Gasteiger partial charge in [-0.1, -0.05) is 0 Å². The predicted octanol–water partition coefficient (Wildman–Crippen LogP) is -1.92. The molecule has 0 fully saturated rings. The molecule has 0 atom stereocenters. The number of nitrogens with zero attached hydrogens (tertiary/aromatic N) is 1. The third-order valence-corrected chi connectivity index (χ3v) is 0.994. The molecule has 0 saturated carbocycles. The molecule has 0 aliphatic carbocycles. The maximum atomic E-state index is 10.7. The number of carbonyl (C=O) groups is 1. The molecule has 1 aromatic heterocycles. The largest absolute Gasteiger partial charge is 0.354 e. The van der Waals surface area contributed by atoms with Crippen molar-refractivity contribution in [2.75, 3.05) is 7.05 Å². The molecule has 1 rings (SSSR count). The fraction of sp³-hybridized carbons (Fsp3) is 0.250. The Kier molecular flexibility index (Phi) is 4.09. The Bertz CT molecular complexity index is 290. The Morgan fingerprint density at radius 1 is 1.64 bits per heavy atom. The number of aromatic nitrogens is 3. The molecular formula is C4H6N4NaO2. The molecule has 11 heavy (non-hydrogen) atoms. The summed E-state index contributed by atoms with van der Waals surface area (Å²) >= 11 is 0.